The maximum absolute atomic E-state index is 11.8. The van der Waals surface area contributed by atoms with Gasteiger partial charge in [0.15, 0.2) is 0 Å². The van der Waals surface area contributed by atoms with Gasteiger partial charge in [-0.1, -0.05) is 0 Å². The van der Waals surface area contributed by atoms with Gasteiger partial charge in [0.1, 0.15) is 10.5 Å². The molecule has 1 fully saturated rings. The lowest BCUT2D eigenvalue weighted by molar-refractivity contribution is -0.0120. The Kier molecular flexibility index (Phi) is 3.48. The van der Waals surface area contributed by atoms with Crippen molar-refractivity contribution in [3.8, 4) is 0 Å². The first-order chi connectivity index (χ1) is 8.08. The number of hydrogen-bond acceptors (Lipinski definition) is 5. The second-order valence-corrected chi connectivity index (χ2v) is 5.72. The first-order valence-corrected chi connectivity index (χ1v) is 6.68. The van der Waals surface area contributed by atoms with Crippen LogP contribution in [0.15, 0.2) is 17.3 Å². The van der Waals surface area contributed by atoms with Crippen molar-refractivity contribution in [2.24, 2.45) is 0 Å². The average Bonchev–Trinajstić information content (AvgIpc) is 2.99. The molecule has 0 saturated carbocycles. The van der Waals surface area contributed by atoms with E-state index in [0.717, 1.165) is 0 Å². The summed E-state index contributed by atoms with van der Waals surface area (Å²) in [5, 5.41) is 6.07. The number of aromatic nitrogens is 2. The molecular formula is C9H15N3O4S. The standard InChI is InChI=1S/C9H15N3O4S/c1-15-9(2-3-16-7-9)6-12-17(13,14)8-4-10-11-5-8/h4-5,12H,2-3,6-7H2,1H3,(H,10,11). The Bertz CT molecular complexity index is 451. The molecule has 0 amide bonds. The lowest BCUT2D eigenvalue weighted by atomic mass is 10.0. The van der Waals surface area contributed by atoms with Crippen LogP contribution in [-0.4, -0.2) is 51.1 Å². The number of nitrogens with zero attached hydrogens (tertiary/aromatic N) is 1. The Morgan fingerprint density at radius 1 is 1.71 bits per heavy atom. The summed E-state index contributed by atoms with van der Waals surface area (Å²) in [6.45, 7) is 1.18. The number of H-pyrrole nitrogens is 1. The summed E-state index contributed by atoms with van der Waals surface area (Å²) >= 11 is 0. The predicted molar refractivity (Wildman–Crippen MR) is 59.0 cm³/mol. The highest BCUT2D eigenvalue weighted by molar-refractivity contribution is 7.89. The fourth-order valence-corrected chi connectivity index (χ4v) is 2.68. The van der Waals surface area contributed by atoms with Crippen LogP contribution >= 0.6 is 0 Å². The van der Waals surface area contributed by atoms with Crippen molar-refractivity contribution in [3.05, 3.63) is 12.4 Å². The Morgan fingerprint density at radius 2 is 2.53 bits per heavy atom. The number of aromatic amines is 1. The number of ether oxygens (including phenoxy) is 2. The summed E-state index contributed by atoms with van der Waals surface area (Å²) in [4.78, 5) is 0.114. The van der Waals surface area contributed by atoms with Gasteiger partial charge in [-0.15, -0.1) is 0 Å². The van der Waals surface area contributed by atoms with Crippen LogP contribution < -0.4 is 4.72 Å². The summed E-state index contributed by atoms with van der Waals surface area (Å²) in [5.41, 5.74) is -0.559. The molecule has 1 aromatic rings. The van der Waals surface area contributed by atoms with Crippen LogP contribution in [0, 0.1) is 0 Å². The van der Waals surface area contributed by atoms with E-state index in [1.54, 1.807) is 7.11 Å². The van der Waals surface area contributed by atoms with Gasteiger partial charge < -0.3 is 9.47 Å². The summed E-state index contributed by atoms with van der Waals surface area (Å²) in [5.74, 6) is 0. The Balaban J connectivity index is 2.02. The molecule has 2 N–H and O–H groups in total. The van der Waals surface area contributed by atoms with E-state index in [2.05, 4.69) is 14.9 Å². The van der Waals surface area contributed by atoms with Crippen LogP contribution in [0.2, 0.25) is 0 Å². The van der Waals surface area contributed by atoms with Crippen molar-refractivity contribution in [3.63, 3.8) is 0 Å². The lowest BCUT2D eigenvalue weighted by Crippen LogP contribution is -2.44. The fourth-order valence-electron chi connectivity index (χ4n) is 1.66. The molecule has 0 aliphatic carbocycles. The van der Waals surface area contributed by atoms with Gasteiger partial charge in [0.2, 0.25) is 10.0 Å². The summed E-state index contributed by atoms with van der Waals surface area (Å²) in [7, 11) is -1.98. The number of hydrogen-bond donors (Lipinski definition) is 2. The third-order valence-corrected chi connectivity index (χ3v) is 4.24. The third kappa shape index (κ3) is 2.65. The number of sulfonamides is 1. The molecule has 0 bridgehead atoms. The molecule has 1 atom stereocenters. The van der Waals surface area contributed by atoms with Gasteiger partial charge in [0.05, 0.1) is 12.8 Å². The first-order valence-electron chi connectivity index (χ1n) is 5.19. The minimum Gasteiger partial charge on any atom is -0.378 e. The SMILES string of the molecule is COC1(CNS(=O)(=O)c2cn[nH]c2)CCOC1. The average molecular weight is 261 g/mol. The van der Waals surface area contributed by atoms with Crippen molar-refractivity contribution >= 4 is 10.0 Å². The van der Waals surface area contributed by atoms with Gasteiger partial charge in [-0.25, -0.2) is 13.1 Å². The summed E-state index contributed by atoms with van der Waals surface area (Å²) < 4.78 is 36.7. The molecule has 8 heteroatoms. The maximum Gasteiger partial charge on any atom is 0.243 e. The zero-order valence-electron chi connectivity index (χ0n) is 9.47. The van der Waals surface area contributed by atoms with Crippen molar-refractivity contribution in [2.45, 2.75) is 16.9 Å². The van der Waals surface area contributed by atoms with Gasteiger partial charge >= 0.3 is 0 Å². The van der Waals surface area contributed by atoms with E-state index >= 15 is 0 Å². The molecule has 7 nitrogen and oxygen atoms in total. The number of nitrogens with one attached hydrogen (secondary N) is 2. The predicted octanol–water partition coefficient (Wildman–Crippen LogP) is -0.506. The first kappa shape index (κ1) is 12.5. The third-order valence-electron chi connectivity index (χ3n) is 2.87. The van der Waals surface area contributed by atoms with E-state index in [1.807, 2.05) is 0 Å². The maximum atomic E-state index is 11.8. The number of methoxy groups -OCH3 is 1. The van der Waals surface area contributed by atoms with Crippen molar-refractivity contribution in [1.29, 1.82) is 0 Å². The molecular weight excluding hydrogens is 246 g/mol. The van der Waals surface area contributed by atoms with Crippen molar-refractivity contribution < 1.29 is 17.9 Å². The van der Waals surface area contributed by atoms with Crippen molar-refractivity contribution in [2.75, 3.05) is 26.9 Å². The molecule has 96 valence electrons. The Morgan fingerprint density at radius 3 is 3.06 bits per heavy atom. The second kappa shape index (κ2) is 4.73. The van der Waals surface area contributed by atoms with Crippen LogP contribution in [0.1, 0.15) is 6.42 Å². The van der Waals surface area contributed by atoms with Gasteiger partial charge in [-0.2, -0.15) is 5.10 Å². The van der Waals surface area contributed by atoms with E-state index < -0.39 is 15.6 Å². The van der Waals surface area contributed by atoms with Crippen LogP contribution in [0.5, 0.6) is 0 Å². The Labute approximate surface area is 99.6 Å². The van der Waals surface area contributed by atoms with Gasteiger partial charge in [-0.05, 0) is 0 Å². The highest BCUT2D eigenvalue weighted by atomic mass is 32.2. The summed E-state index contributed by atoms with van der Waals surface area (Å²) in [6.07, 6.45) is 3.26. The van der Waals surface area contributed by atoms with E-state index in [0.29, 0.717) is 19.6 Å². The molecule has 17 heavy (non-hydrogen) atoms. The van der Waals surface area contributed by atoms with E-state index in [4.69, 9.17) is 9.47 Å². The topological polar surface area (TPSA) is 93.3 Å². The van der Waals surface area contributed by atoms with E-state index in [9.17, 15) is 8.42 Å². The van der Waals surface area contributed by atoms with Crippen LogP contribution in [0.25, 0.3) is 0 Å². The smallest absolute Gasteiger partial charge is 0.243 e. The van der Waals surface area contributed by atoms with Gasteiger partial charge in [0, 0.05) is 32.9 Å². The molecule has 2 heterocycles. The highest BCUT2D eigenvalue weighted by Gasteiger charge is 2.36. The molecule has 1 aliphatic rings. The fraction of sp³-hybridized carbons (Fsp3) is 0.667. The minimum absolute atomic E-state index is 0.114. The molecule has 1 aliphatic heterocycles. The van der Waals surface area contributed by atoms with E-state index in [-0.39, 0.29) is 11.4 Å². The lowest BCUT2D eigenvalue weighted by Gasteiger charge is -2.25. The zero-order valence-corrected chi connectivity index (χ0v) is 10.3. The highest BCUT2D eigenvalue weighted by Crippen LogP contribution is 2.22. The second-order valence-electron chi connectivity index (χ2n) is 3.95. The molecule has 1 saturated heterocycles. The van der Waals surface area contributed by atoms with E-state index in [1.165, 1.54) is 12.4 Å². The Hall–Kier alpha value is -0.960. The van der Waals surface area contributed by atoms with Crippen LogP contribution in [-0.2, 0) is 19.5 Å². The molecule has 1 aromatic heterocycles. The quantitative estimate of drug-likeness (QED) is 0.745. The van der Waals surface area contributed by atoms with Crippen molar-refractivity contribution in [1.82, 2.24) is 14.9 Å². The number of rotatable bonds is 5. The molecule has 2 rings (SSSR count). The van der Waals surface area contributed by atoms with Gasteiger partial charge in [-0.3, -0.25) is 5.10 Å². The molecule has 0 spiro atoms. The molecule has 0 aromatic carbocycles. The molecule has 1 unspecified atom stereocenters. The minimum atomic E-state index is -3.53. The normalized spacial score (nSPS) is 25.2. The zero-order chi connectivity index (χ0) is 12.4. The van der Waals surface area contributed by atoms with Crippen LogP contribution in [0.4, 0.5) is 0 Å². The largest absolute Gasteiger partial charge is 0.378 e. The van der Waals surface area contributed by atoms with Gasteiger partial charge in [0.25, 0.3) is 0 Å². The summed E-state index contributed by atoms with van der Waals surface area (Å²) in [6, 6.07) is 0. The molecule has 0 radical (unpaired) electrons. The van der Waals surface area contributed by atoms with Crippen LogP contribution in [0.3, 0.4) is 0 Å². The monoisotopic (exact) mass is 261 g/mol.